The molecule has 1 N–H and O–H groups in total. The van der Waals surface area contributed by atoms with Crippen LogP contribution in [0.2, 0.25) is 0 Å². The van der Waals surface area contributed by atoms with Gasteiger partial charge in [-0.3, -0.25) is 14.4 Å². The van der Waals surface area contributed by atoms with Gasteiger partial charge in [-0.25, -0.2) is 0 Å². The minimum atomic E-state index is -1.27. The summed E-state index contributed by atoms with van der Waals surface area (Å²) in [6.45, 7) is 6.67. The number of benzene rings is 1. The average molecular weight is 480 g/mol. The van der Waals surface area contributed by atoms with E-state index in [1.165, 1.54) is 0 Å². The summed E-state index contributed by atoms with van der Waals surface area (Å²) in [5.41, 5.74) is 0.504. The highest BCUT2D eigenvalue weighted by Crippen LogP contribution is 2.57. The minimum Gasteiger partial charge on any atom is -0.396 e. The van der Waals surface area contributed by atoms with Crippen LogP contribution in [0, 0.1) is 25.7 Å². The lowest BCUT2D eigenvalue weighted by Gasteiger charge is -2.37. The molecule has 35 heavy (non-hydrogen) atoms. The van der Waals surface area contributed by atoms with E-state index in [1.54, 1.807) is 21.7 Å². The van der Waals surface area contributed by atoms with Crippen LogP contribution in [0.4, 0.5) is 5.69 Å². The summed E-state index contributed by atoms with van der Waals surface area (Å²) < 4.78 is 6.74. The Hall–Kier alpha value is -2.97. The van der Waals surface area contributed by atoms with Crippen molar-refractivity contribution in [2.24, 2.45) is 11.8 Å². The number of aliphatic hydroxyl groups excluding tert-OH is 1. The molecule has 0 saturated carbocycles. The number of nitrogens with zero attached hydrogens (tertiary/aromatic N) is 3. The average Bonchev–Trinajstić information content (AvgIpc) is 3.09. The molecular weight excluding hydrogens is 446 g/mol. The predicted molar refractivity (Wildman–Crippen MR) is 131 cm³/mol. The Morgan fingerprint density at radius 3 is 2.51 bits per heavy atom. The number of anilines is 1. The summed E-state index contributed by atoms with van der Waals surface area (Å²) in [5.74, 6) is -2.23. The fraction of sp³-hybridized carbons (Fsp3) is 0.519. The molecular formula is C27H33N3O5. The number of carbonyl (C=O) groups excluding carboxylic acids is 3. The van der Waals surface area contributed by atoms with Crippen molar-refractivity contribution in [1.29, 1.82) is 0 Å². The number of likely N-dealkylation sites (tertiary alicyclic amines) is 1. The number of rotatable bonds is 4. The highest BCUT2D eigenvalue weighted by atomic mass is 16.5. The van der Waals surface area contributed by atoms with Crippen molar-refractivity contribution in [2.45, 2.75) is 44.4 Å². The topological polar surface area (TPSA) is 90.4 Å². The van der Waals surface area contributed by atoms with Crippen LogP contribution in [0.5, 0.6) is 0 Å². The van der Waals surface area contributed by atoms with E-state index >= 15 is 0 Å². The van der Waals surface area contributed by atoms with E-state index in [-0.39, 0.29) is 30.9 Å². The van der Waals surface area contributed by atoms with Gasteiger partial charge in [0, 0.05) is 39.0 Å². The summed E-state index contributed by atoms with van der Waals surface area (Å²) in [5, 5.41) is 9.52. The van der Waals surface area contributed by atoms with Gasteiger partial charge in [-0.1, -0.05) is 36.4 Å². The molecule has 1 spiro atoms. The molecule has 5 rings (SSSR count). The Kier molecular flexibility index (Phi) is 5.64. The molecule has 2 fully saturated rings. The maximum atomic E-state index is 14.3. The van der Waals surface area contributed by atoms with Gasteiger partial charge in [-0.05, 0) is 44.4 Å². The normalized spacial score (nSPS) is 34.1. The van der Waals surface area contributed by atoms with Gasteiger partial charge in [0.15, 0.2) is 0 Å². The van der Waals surface area contributed by atoms with Gasteiger partial charge in [0.25, 0.3) is 5.91 Å². The van der Waals surface area contributed by atoms with Gasteiger partial charge in [0.2, 0.25) is 11.8 Å². The van der Waals surface area contributed by atoms with Crippen molar-refractivity contribution >= 4 is 23.4 Å². The van der Waals surface area contributed by atoms with Gasteiger partial charge in [-0.15, -0.1) is 0 Å². The Morgan fingerprint density at radius 2 is 1.77 bits per heavy atom. The van der Waals surface area contributed by atoms with Crippen molar-refractivity contribution < 1.29 is 24.2 Å². The molecule has 0 aromatic heterocycles. The molecule has 4 aliphatic heterocycles. The van der Waals surface area contributed by atoms with E-state index in [0.29, 0.717) is 19.5 Å². The number of amides is 3. The quantitative estimate of drug-likeness (QED) is 0.663. The monoisotopic (exact) mass is 479 g/mol. The first-order chi connectivity index (χ1) is 16.6. The van der Waals surface area contributed by atoms with Crippen molar-refractivity contribution in [2.75, 3.05) is 38.2 Å². The Morgan fingerprint density at radius 1 is 1.03 bits per heavy atom. The van der Waals surface area contributed by atoms with E-state index in [9.17, 15) is 19.5 Å². The molecule has 186 valence electrons. The van der Waals surface area contributed by atoms with Crippen LogP contribution in [-0.2, 0) is 19.1 Å². The zero-order chi connectivity index (χ0) is 25.1. The molecule has 8 nitrogen and oxygen atoms in total. The van der Waals surface area contributed by atoms with E-state index in [2.05, 4.69) is 0 Å². The van der Waals surface area contributed by atoms with Gasteiger partial charge in [-0.2, -0.15) is 0 Å². The lowest BCUT2D eigenvalue weighted by Crippen LogP contribution is -2.56. The third-order valence-corrected chi connectivity index (χ3v) is 7.97. The number of hydrogen-bond acceptors (Lipinski definition) is 5. The molecule has 0 radical (unpaired) electrons. The summed E-state index contributed by atoms with van der Waals surface area (Å²) in [7, 11) is 1.72. The van der Waals surface area contributed by atoms with Gasteiger partial charge < -0.3 is 24.5 Å². The zero-order valence-electron chi connectivity index (χ0n) is 20.7. The van der Waals surface area contributed by atoms with E-state index in [0.717, 1.165) is 16.8 Å². The number of aliphatic hydroxyl groups is 1. The summed E-state index contributed by atoms with van der Waals surface area (Å²) in [6, 6.07) is 5.04. The van der Waals surface area contributed by atoms with Crippen LogP contribution in [-0.4, -0.2) is 83.2 Å². The standard InChI is InChI=1S/C27H33N3O5/c1-17-8-9-18(2)19(16-17)29-13-6-11-27-21(24(33)30(14-7-15-31)22(27)25(29)34)20-23(32)28(4)12-5-10-26(20,3)35-27/h5-6,8-11,16,20-22,31H,7,12-15H2,1-4H3/t20-,21+,22?,26+,27+/m1/s1. The maximum Gasteiger partial charge on any atom is 0.253 e. The minimum absolute atomic E-state index is 0.106. The third-order valence-electron chi connectivity index (χ3n) is 7.97. The highest BCUT2D eigenvalue weighted by molar-refractivity contribution is 6.06. The fourth-order valence-electron chi connectivity index (χ4n) is 6.35. The van der Waals surface area contributed by atoms with E-state index in [4.69, 9.17) is 4.74 Å². The molecule has 4 heterocycles. The Bertz CT molecular complexity index is 1150. The molecule has 0 aliphatic carbocycles. The lowest BCUT2D eigenvalue weighted by atomic mass is 9.74. The van der Waals surface area contributed by atoms with Crippen molar-refractivity contribution in [3.8, 4) is 0 Å². The number of hydrogen-bond donors (Lipinski definition) is 1. The maximum absolute atomic E-state index is 14.3. The molecule has 5 atom stereocenters. The molecule has 1 aromatic carbocycles. The first-order valence-corrected chi connectivity index (χ1v) is 12.2. The van der Waals surface area contributed by atoms with Gasteiger partial charge in [0.05, 0.1) is 17.4 Å². The van der Waals surface area contributed by atoms with Crippen molar-refractivity contribution in [3.05, 3.63) is 53.6 Å². The molecule has 0 bridgehead atoms. The third kappa shape index (κ3) is 3.37. The van der Waals surface area contributed by atoms with E-state index < -0.39 is 29.1 Å². The van der Waals surface area contributed by atoms with Crippen molar-refractivity contribution in [3.63, 3.8) is 0 Å². The van der Waals surface area contributed by atoms with Crippen molar-refractivity contribution in [1.82, 2.24) is 9.80 Å². The molecule has 2 saturated heterocycles. The molecule has 4 aliphatic rings. The largest absolute Gasteiger partial charge is 0.396 e. The molecule has 1 unspecified atom stereocenters. The second-order valence-electron chi connectivity index (χ2n) is 10.4. The van der Waals surface area contributed by atoms with Gasteiger partial charge in [0.1, 0.15) is 11.6 Å². The second kappa shape index (κ2) is 8.31. The van der Waals surface area contributed by atoms with Crippen LogP contribution in [0.25, 0.3) is 0 Å². The first kappa shape index (κ1) is 23.8. The summed E-state index contributed by atoms with van der Waals surface area (Å²) in [4.78, 5) is 46.7. The highest BCUT2D eigenvalue weighted by Gasteiger charge is 2.74. The second-order valence-corrected chi connectivity index (χ2v) is 10.4. The molecule has 3 amide bonds. The van der Waals surface area contributed by atoms with Gasteiger partial charge >= 0.3 is 0 Å². The number of aryl methyl sites for hydroxylation is 2. The van der Waals surface area contributed by atoms with Crippen LogP contribution < -0.4 is 4.90 Å². The number of fused-ring (bicyclic) bond motifs is 2. The first-order valence-electron chi connectivity index (χ1n) is 12.2. The van der Waals surface area contributed by atoms with Crippen LogP contribution in [0.3, 0.4) is 0 Å². The van der Waals surface area contributed by atoms with Crippen LogP contribution in [0.1, 0.15) is 24.5 Å². The fourth-order valence-corrected chi connectivity index (χ4v) is 6.35. The Labute approximate surface area is 205 Å². The lowest BCUT2D eigenvalue weighted by molar-refractivity contribution is -0.148. The zero-order valence-corrected chi connectivity index (χ0v) is 20.7. The number of ether oxygens (including phenoxy) is 1. The van der Waals surface area contributed by atoms with E-state index in [1.807, 2.05) is 63.3 Å². The number of likely N-dealkylation sites (N-methyl/N-ethyl adjacent to an activating group) is 1. The van der Waals surface area contributed by atoms with Crippen LogP contribution in [0.15, 0.2) is 42.5 Å². The molecule has 8 heteroatoms. The summed E-state index contributed by atoms with van der Waals surface area (Å²) in [6.07, 6.45) is 7.84. The molecule has 1 aromatic rings. The Balaban J connectivity index is 1.66. The van der Waals surface area contributed by atoms with Crippen LogP contribution >= 0.6 is 0 Å². The predicted octanol–water partition coefficient (Wildman–Crippen LogP) is 1.59. The number of carbonyl (C=O) groups is 3. The smallest absolute Gasteiger partial charge is 0.253 e. The SMILES string of the molecule is Cc1ccc(C)c(N2CC=C[C@]34O[C@@]5(C)C=CCN(C)C(=O)[C@H]5[C@H]3C(=O)N(CCCO)C4C2=O)c1. The summed E-state index contributed by atoms with van der Waals surface area (Å²) >= 11 is 0.